The summed E-state index contributed by atoms with van der Waals surface area (Å²) in [7, 11) is 0. The van der Waals surface area contributed by atoms with E-state index in [9.17, 15) is 0 Å². The van der Waals surface area contributed by atoms with Gasteiger partial charge in [-0.05, 0) is 74.3 Å². The van der Waals surface area contributed by atoms with Crippen molar-refractivity contribution in [1.82, 2.24) is 0 Å². The molecule has 7 rings (SSSR count). The van der Waals surface area contributed by atoms with Crippen LogP contribution in [0.4, 0.5) is 0 Å². The van der Waals surface area contributed by atoms with E-state index in [1.54, 1.807) is 0 Å². The molecule has 0 bridgehead atoms. The van der Waals surface area contributed by atoms with Crippen LogP contribution in [0.25, 0.3) is 33.0 Å². The highest BCUT2D eigenvalue weighted by atomic mass is 14.5. The highest BCUT2D eigenvalue weighted by molar-refractivity contribution is 5.91. The molecule has 0 radical (unpaired) electrons. The van der Waals surface area contributed by atoms with Crippen molar-refractivity contribution in [3.63, 3.8) is 0 Å². The molecule has 0 aliphatic heterocycles. The van der Waals surface area contributed by atoms with E-state index in [4.69, 9.17) is 0 Å². The number of rotatable bonds is 3. The molecule has 0 amide bonds. The zero-order valence-corrected chi connectivity index (χ0v) is 20.3. The van der Waals surface area contributed by atoms with Gasteiger partial charge in [-0.2, -0.15) is 0 Å². The van der Waals surface area contributed by atoms with Crippen LogP contribution in [0.15, 0.2) is 140 Å². The van der Waals surface area contributed by atoms with E-state index in [2.05, 4.69) is 146 Å². The van der Waals surface area contributed by atoms with Crippen LogP contribution in [-0.2, 0) is 5.41 Å². The summed E-state index contributed by atoms with van der Waals surface area (Å²) in [6, 6.07) is 51.5. The maximum absolute atomic E-state index is 2.44. The van der Waals surface area contributed by atoms with Crippen LogP contribution in [0, 0.1) is 6.92 Å². The van der Waals surface area contributed by atoms with Gasteiger partial charge in [0.2, 0.25) is 0 Å². The van der Waals surface area contributed by atoms with E-state index in [1.165, 1.54) is 60.8 Å². The number of fused-ring (bicyclic) bond motifs is 4. The Balaban J connectivity index is 1.56. The maximum atomic E-state index is 2.44. The third kappa shape index (κ3) is 3.01. The van der Waals surface area contributed by atoms with Crippen molar-refractivity contribution in [2.45, 2.75) is 12.3 Å². The third-order valence-corrected chi connectivity index (χ3v) is 7.79. The molecule has 1 aliphatic rings. The average Bonchev–Trinajstić information content (AvgIpc) is 3.23. The fourth-order valence-corrected chi connectivity index (χ4v) is 6.15. The second-order valence-electron chi connectivity index (χ2n) is 9.85. The minimum atomic E-state index is -0.369. The van der Waals surface area contributed by atoms with Gasteiger partial charge in [-0.15, -0.1) is 0 Å². The summed E-state index contributed by atoms with van der Waals surface area (Å²) in [5.41, 5.74) is 11.4. The predicted octanol–water partition coefficient (Wildman–Crippen LogP) is 9.18. The minimum Gasteiger partial charge on any atom is -0.0622 e. The number of aryl methyl sites for hydroxylation is 1. The van der Waals surface area contributed by atoms with Crippen LogP contribution < -0.4 is 0 Å². The molecule has 0 aromatic heterocycles. The highest BCUT2D eigenvalue weighted by Crippen LogP contribution is 2.56. The Morgan fingerprint density at radius 1 is 0.417 bits per heavy atom. The van der Waals surface area contributed by atoms with Crippen LogP contribution in [0.3, 0.4) is 0 Å². The smallest absolute Gasteiger partial charge is 0.0622 e. The van der Waals surface area contributed by atoms with E-state index in [0.29, 0.717) is 0 Å². The molecule has 0 atom stereocenters. The van der Waals surface area contributed by atoms with E-state index in [-0.39, 0.29) is 5.41 Å². The molecule has 36 heavy (non-hydrogen) atoms. The minimum absolute atomic E-state index is 0.369. The highest BCUT2D eigenvalue weighted by Gasteiger charge is 2.46. The van der Waals surface area contributed by atoms with E-state index in [0.717, 1.165) is 0 Å². The van der Waals surface area contributed by atoms with Gasteiger partial charge < -0.3 is 0 Å². The lowest BCUT2D eigenvalue weighted by atomic mass is 9.67. The Labute approximate surface area is 212 Å². The molecule has 0 N–H and O–H groups in total. The second-order valence-corrected chi connectivity index (χ2v) is 9.85. The first kappa shape index (κ1) is 20.9. The fourth-order valence-electron chi connectivity index (χ4n) is 6.15. The summed E-state index contributed by atoms with van der Waals surface area (Å²) in [4.78, 5) is 0. The molecule has 0 saturated heterocycles. The summed E-state index contributed by atoms with van der Waals surface area (Å²) < 4.78 is 0. The molecular formula is C36H26. The molecule has 0 heteroatoms. The lowest BCUT2D eigenvalue weighted by Gasteiger charge is -2.34. The number of hydrogen-bond donors (Lipinski definition) is 0. The van der Waals surface area contributed by atoms with Crippen LogP contribution >= 0.6 is 0 Å². The van der Waals surface area contributed by atoms with Crippen molar-refractivity contribution >= 4 is 10.8 Å². The molecule has 0 unspecified atom stereocenters. The lowest BCUT2D eigenvalue weighted by molar-refractivity contribution is 0.768. The Kier molecular flexibility index (Phi) is 4.69. The van der Waals surface area contributed by atoms with Crippen molar-refractivity contribution in [2.24, 2.45) is 0 Å². The van der Waals surface area contributed by atoms with Crippen LogP contribution in [0.1, 0.15) is 27.8 Å². The first-order valence-corrected chi connectivity index (χ1v) is 12.6. The Hall–Kier alpha value is -4.42. The van der Waals surface area contributed by atoms with E-state index >= 15 is 0 Å². The van der Waals surface area contributed by atoms with Gasteiger partial charge in [0.1, 0.15) is 0 Å². The Morgan fingerprint density at radius 2 is 0.944 bits per heavy atom. The average molecular weight is 459 g/mol. The maximum Gasteiger partial charge on any atom is 0.0713 e. The third-order valence-electron chi connectivity index (χ3n) is 7.79. The van der Waals surface area contributed by atoms with Crippen LogP contribution in [0.2, 0.25) is 0 Å². The molecule has 0 saturated carbocycles. The van der Waals surface area contributed by atoms with Gasteiger partial charge in [-0.25, -0.2) is 0 Å². The quantitative estimate of drug-likeness (QED) is 0.248. The molecule has 1 aliphatic carbocycles. The molecular weight excluding hydrogens is 432 g/mol. The van der Waals surface area contributed by atoms with Crippen LogP contribution in [0.5, 0.6) is 0 Å². The molecule has 170 valence electrons. The summed E-state index contributed by atoms with van der Waals surface area (Å²) in [6.45, 7) is 2.20. The first-order valence-electron chi connectivity index (χ1n) is 12.6. The van der Waals surface area contributed by atoms with E-state index in [1.807, 2.05) is 0 Å². The van der Waals surface area contributed by atoms with Gasteiger partial charge in [0.25, 0.3) is 0 Å². The first-order chi connectivity index (χ1) is 17.7. The van der Waals surface area contributed by atoms with Crippen molar-refractivity contribution in [2.75, 3.05) is 0 Å². The molecule has 0 spiro atoms. The monoisotopic (exact) mass is 458 g/mol. The van der Waals surface area contributed by atoms with Crippen molar-refractivity contribution < 1.29 is 0 Å². The van der Waals surface area contributed by atoms with Gasteiger partial charge in [-0.1, -0.05) is 133 Å². The summed E-state index contributed by atoms with van der Waals surface area (Å²) in [5.74, 6) is 0. The Morgan fingerprint density at radius 3 is 1.64 bits per heavy atom. The molecule has 0 heterocycles. The van der Waals surface area contributed by atoms with Crippen molar-refractivity contribution in [3.8, 4) is 22.3 Å². The summed E-state index contributed by atoms with van der Waals surface area (Å²) >= 11 is 0. The van der Waals surface area contributed by atoms with Gasteiger partial charge in [-0.3, -0.25) is 0 Å². The number of benzene rings is 6. The summed E-state index contributed by atoms with van der Waals surface area (Å²) in [6.07, 6.45) is 0. The predicted molar refractivity (Wildman–Crippen MR) is 151 cm³/mol. The van der Waals surface area contributed by atoms with Crippen molar-refractivity contribution in [3.05, 3.63) is 167 Å². The van der Waals surface area contributed by atoms with Gasteiger partial charge in [0.05, 0.1) is 5.41 Å². The fraction of sp³-hybridized carbons (Fsp3) is 0.0556. The van der Waals surface area contributed by atoms with Gasteiger partial charge >= 0.3 is 0 Å². The standard InChI is InChI=1S/C36H26/c1-25-16-20-32-33-21-19-29(28-18-17-26-10-8-9-11-27(26)23-28)24-35(33)36(34(32)22-25,30-12-4-2-5-13-30)31-14-6-3-7-15-31/h2-24H,1H3. The molecule has 0 fully saturated rings. The summed E-state index contributed by atoms with van der Waals surface area (Å²) in [5, 5.41) is 2.54. The molecule has 0 nitrogen and oxygen atoms in total. The zero-order valence-electron chi connectivity index (χ0n) is 20.3. The normalized spacial score (nSPS) is 13.4. The topological polar surface area (TPSA) is 0 Å². The van der Waals surface area contributed by atoms with Gasteiger partial charge in [0, 0.05) is 0 Å². The lowest BCUT2D eigenvalue weighted by Crippen LogP contribution is -2.28. The van der Waals surface area contributed by atoms with Crippen LogP contribution in [-0.4, -0.2) is 0 Å². The number of hydrogen-bond acceptors (Lipinski definition) is 0. The SMILES string of the molecule is Cc1ccc2c(c1)C(c1ccccc1)(c1ccccc1)c1cc(-c3ccc4ccccc4c3)ccc1-2. The molecule has 6 aromatic carbocycles. The Bertz CT molecular complexity index is 1690. The van der Waals surface area contributed by atoms with E-state index < -0.39 is 0 Å². The van der Waals surface area contributed by atoms with Crippen molar-refractivity contribution in [1.29, 1.82) is 0 Å². The van der Waals surface area contributed by atoms with Gasteiger partial charge in [0.15, 0.2) is 0 Å². The second kappa shape index (κ2) is 8.07. The largest absolute Gasteiger partial charge is 0.0713 e. The molecule has 6 aromatic rings. The zero-order chi connectivity index (χ0) is 24.1.